The van der Waals surface area contributed by atoms with E-state index in [0.29, 0.717) is 17.7 Å². The van der Waals surface area contributed by atoms with Crippen molar-refractivity contribution in [2.24, 2.45) is 0 Å². The fourth-order valence-electron chi connectivity index (χ4n) is 3.40. The standard InChI is InChI=1S/C17H22N6OS/c1-2-15-20-21-16(24-15)10-22-6-3-4-13(8-22)17-18-5-7-23(17)9-14-11-25-12-19-14/h5,7,11-13H,2-4,6,8-10H2,1H3. The van der Waals surface area contributed by atoms with Crippen LogP contribution in [-0.2, 0) is 19.5 Å². The van der Waals surface area contributed by atoms with Crippen LogP contribution in [0.3, 0.4) is 0 Å². The van der Waals surface area contributed by atoms with Crippen molar-refractivity contribution in [2.75, 3.05) is 13.1 Å². The van der Waals surface area contributed by atoms with E-state index in [0.717, 1.165) is 57.0 Å². The molecule has 25 heavy (non-hydrogen) atoms. The van der Waals surface area contributed by atoms with Gasteiger partial charge in [0.25, 0.3) is 0 Å². The molecule has 7 nitrogen and oxygen atoms in total. The van der Waals surface area contributed by atoms with Crippen molar-refractivity contribution >= 4 is 11.3 Å². The molecule has 0 aliphatic carbocycles. The molecule has 0 N–H and O–H groups in total. The van der Waals surface area contributed by atoms with Gasteiger partial charge in [0.2, 0.25) is 11.8 Å². The summed E-state index contributed by atoms with van der Waals surface area (Å²) in [4.78, 5) is 11.4. The summed E-state index contributed by atoms with van der Waals surface area (Å²) < 4.78 is 7.89. The largest absolute Gasteiger partial charge is 0.424 e. The van der Waals surface area contributed by atoms with Crippen molar-refractivity contribution < 1.29 is 4.42 Å². The van der Waals surface area contributed by atoms with Crippen LogP contribution < -0.4 is 0 Å². The van der Waals surface area contributed by atoms with Gasteiger partial charge < -0.3 is 8.98 Å². The highest BCUT2D eigenvalue weighted by Crippen LogP contribution is 2.27. The van der Waals surface area contributed by atoms with E-state index < -0.39 is 0 Å². The average molecular weight is 358 g/mol. The van der Waals surface area contributed by atoms with Crippen molar-refractivity contribution in [2.45, 2.75) is 45.2 Å². The molecule has 1 aliphatic heterocycles. The Hall–Kier alpha value is -2.06. The normalized spacial score (nSPS) is 18.7. The molecule has 1 unspecified atom stereocenters. The minimum absolute atomic E-state index is 0.427. The summed E-state index contributed by atoms with van der Waals surface area (Å²) in [5.41, 5.74) is 2.97. The smallest absolute Gasteiger partial charge is 0.230 e. The second kappa shape index (κ2) is 7.45. The van der Waals surface area contributed by atoms with Gasteiger partial charge in [-0.3, -0.25) is 4.90 Å². The predicted octanol–water partition coefficient (Wildman–Crippen LogP) is 2.71. The lowest BCUT2D eigenvalue weighted by Crippen LogP contribution is -2.35. The predicted molar refractivity (Wildman–Crippen MR) is 94.4 cm³/mol. The van der Waals surface area contributed by atoms with Crippen molar-refractivity contribution in [3.63, 3.8) is 0 Å². The number of piperidine rings is 1. The Morgan fingerprint density at radius 2 is 2.16 bits per heavy atom. The van der Waals surface area contributed by atoms with Crippen molar-refractivity contribution in [3.8, 4) is 0 Å². The number of rotatable bonds is 6. The van der Waals surface area contributed by atoms with Crippen LogP contribution in [0, 0.1) is 0 Å². The highest BCUT2D eigenvalue weighted by Gasteiger charge is 2.26. The second-order valence-electron chi connectivity index (χ2n) is 6.41. The molecule has 132 valence electrons. The number of hydrogen-bond donors (Lipinski definition) is 0. The Morgan fingerprint density at radius 3 is 2.96 bits per heavy atom. The lowest BCUT2D eigenvalue weighted by Gasteiger charge is -2.31. The first kappa shape index (κ1) is 16.4. The fourth-order valence-corrected chi connectivity index (χ4v) is 3.95. The van der Waals surface area contributed by atoms with E-state index in [1.807, 2.05) is 18.6 Å². The third-order valence-corrected chi connectivity index (χ3v) is 5.24. The van der Waals surface area contributed by atoms with Gasteiger partial charge in [0.1, 0.15) is 5.82 Å². The Labute approximate surface area is 150 Å². The van der Waals surface area contributed by atoms with Crippen molar-refractivity contribution in [3.05, 3.63) is 46.6 Å². The summed E-state index contributed by atoms with van der Waals surface area (Å²) in [7, 11) is 0. The molecule has 0 saturated carbocycles. The number of likely N-dealkylation sites (tertiary alicyclic amines) is 1. The maximum atomic E-state index is 5.66. The van der Waals surface area contributed by atoms with Gasteiger partial charge >= 0.3 is 0 Å². The maximum Gasteiger partial charge on any atom is 0.230 e. The first-order valence-corrected chi connectivity index (χ1v) is 9.67. The van der Waals surface area contributed by atoms with Crippen LogP contribution in [-0.4, -0.2) is 42.7 Å². The molecule has 0 spiro atoms. The van der Waals surface area contributed by atoms with Crippen LogP contribution in [0.25, 0.3) is 0 Å². The van der Waals surface area contributed by atoms with Crippen molar-refractivity contribution in [1.82, 2.24) is 29.6 Å². The lowest BCUT2D eigenvalue weighted by atomic mass is 9.97. The number of thiazole rings is 1. The van der Waals surface area contributed by atoms with Gasteiger partial charge in [-0.15, -0.1) is 21.5 Å². The molecule has 1 fully saturated rings. The van der Waals surface area contributed by atoms with Crippen molar-refractivity contribution in [1.29, 1.82) is 0 Å². The molecule has 0 aromatic carbocycles. The topological polar surface area (TPSA) is 72.9 Å². The van der Waals surface area contributed by atoms with E-state index in [1.54, 1.807) is 11.3 Å². The van der Waals surface area contributed by atoms with Gasteiger partial charge in [-0.1, -0.05) is 6.92 Å². The number of aromatic nitrogens is 5. The average Bonchev–Trinajstić information content (AvgIpc) is 3.37. The van der Waals surface area contributed by atoms with Crippen LogP contribution in [0.1, 0.15) is 49.0 Å². The molecule has 1 saturated heterocycles. The van der Waals surface area contributed by atoms with E-state index in [2.05, 4.69) is 41.2 Å². The summed E-state index contributed by atoms with van der Waals surface area (Å²) in [6.45, 7) is 5.57. The molecule has 1 atom stereocenters. The molecule has 4 rings (SSSR count). The van der Waals surface area contributed by atoms with Crippen LogP contribution in [0.2, 0.25) is 0 Å². The molecular weight excluding hydrogens is 336 g/mol. The first-order chi connectivity index (χ1) is 12.3. The minimum Gasteiger partial charge on any atom is -0.424 e. The molecule has 8 heteroatoms. The quantitative estimate of drug-likeness (QED) is 0.675. The van der Waals surface area contributed by atoms with Gasteiger partial charge in [0.15, 0.2) is 0 Å². The second-order valence-corrected chi connectivity index (χ2v) is 7.13. The summed E-state index contributed by atoms with van der Waals surface area (Å²) in [5, 5.41) is 10.3. The highest BCUT2D eigenvalue weighted by molar-refractivity contribution is 7.07. The molecule has 3 aromatic heterocycles. The number of aryl methyl sites for hydroxylation is 1. The zero-order valence-electron chi connectivity index (χ0n) is 14.3. The summed E-state index contributed by atoms with van der Waals surface area (Å²) in [5.74, 6) is 3.00. The number of nitrogens with zero attached hydrogens (tertiary/aromatic N) is 6. The molecule has 4 heterocycles. The summed E-state index contributed by atoms with van der Waals surface area (Å²) >= 11 is 1.63. The lowest BCUT2D eigenvalue weighted by molar-refractivity contribution is 0.178. The Bertz CT molecular complexity index is 796. The van der Waals surface area contributed by atoms with Crippen LogP contribution in [0.5, 0.6) is 0 Å². The van der Waals surface area contributed by atoms with Gasteiger partial charge in [0.05, 0.1) is 24.3 Å². The molecule has 3 aromatic rings. The zero-order chi connectivity index (χ0) is 17.1. The van der Waals surface area contributed by atoms with E-state index in [9.17, 15) is 0 Å². The van der Waals surface area contributed by atoms with Crippen LogP contribution in [0.4, 0.5) is 0 Å². The molecule has 0 amide bonds. The number of hydrogen-bond acceptors (Lipinski definition) is 7. The molecule has 0 radical (unpaired) electrons. The van der Waals surface area contributed by atoms with E-state index in [-0.39, 0.29) is 0 Å². The summed E-state index contributed by atoms with van der Waals surface area (Å²) in [6, 6.07) is 0. The number of imidazole rings is 1. The van der Waals surface area contributed by atoms with E-state index in [1.165, 1.54) is 0 Å². The monoisotopic (exact) mass is 358 g/mol. The Morgan fingerprint density at radius 1 is 1.24 bits per heavy atom. The molecule has 1 aliphatic rings. The third kappa shape index (κ3) is 3.80. The first-order valence-electron chi connectivity index (χ1n) is 8.73. The SMILES string of the molecule is CCc1nnc(CN2CCCC(c3nccn3Cc3cscn3)C2)o1. The van der Waals surface area contributed by atoms with Gasteiger partial charge in [0, 0.05) is 36.7 Å². The van der Waals surface area contributed by atoms with E-state index in [4.69, 9.17) is 4.42 Å². The maximum absolute atomic E-state index is 5.66. The van der Waals surface area contributed by atoms with Crippen LogP contribution >= 0.6 is 11.3 Å². The van der Waals surface area contributed by atoms with Gasteiger partial charge in [-0.25, -0.2) is 9.97 Å². The highest BCUT2D eigenvalue weighted by atomic mass is 32.1. The third-order valence-electron chi connectivity index (χ3n) is 4.60. The molecule has 0 bridgehead atoms. The molecular formula is C17H22N6OS. The van der Waals surface area contributed by atoms with Gasteiger partial charge in [-0.05, 0) is 19.4 Å². The van der Waals surface area contributed by atoms with Crippen LogP contribution in [0.15, 0.2) is 27.7 Å². The Kier molecular flexibility index (Phi) is 4.89. The Balaban J connectivity index is 1.43. The fraction of sp³-hybridized carbons (Fsp3) is 0.529. The zero-order valence-corrected chi connectivity index (χ0v) is 15.2. The minimum atomic E-state index is 0.427. The van der Waals surface area contributed by atoms with E-state index >= 15 is 0 Å². The summed E-state index contributed by atoms with van der Waals surface area (Å²) in [6.07, 6.45) is 7.05. The van der Waals surface area contributed by atoms with Gasteiger partial charge in [-0.2, -0.15) is 0 Å².